The number of carbonyl (C=O) groups is 2. The van der Waals surface area contributed by atoms with Gasteiger partial charge in [-0.1, -0.05) is 20.8 Å². The van der Waals surface area contributed by atoms with Crippen LogP contribution >= 0.6 is 0 Å². The number of aliphatic carboxylic acids is 1. The summed E-state index contributed by atoms with van der Waals surface area (Å²) in [5.74, 6) is -0.894. The Balaban J connectivity index is 2.18. The highest BCUT2D eigenvalue weighted by Crippen LogP contribution is 2.21. The van der Waals surface area contributed by atoms with Crippen molar-refractivity contribution < 1.29 is 14.7 Å². The number of hydrogen-bond donors (Lipinski definition) is 1. The molecule has 2 heterocycles. The van der Waals surface area contributed by atoms with E-state index in [0.717, 1.165) is 25.1 Å². The Labute approximate surface area is 131 Å². The molecule has 122 valence electrons. The zero-order valence-corrected chi connectivity index (χ0v) is 13.6. The topological polar surface area (TPSA) is 75.4 Å². The van der Waals surface area contributed by atoms with Crippen LogP contribution in [0.5, 0.6) is 0 Å². The van der Waals surface area contributed by atoms with Crippen LogP contribution in [0.25, 0.3) is 0 Å². The fraction of sp³-hybridized carbons (Fsp3) is 0.688. The van der Waals surface area contributed by atoms with Gasteiger partial charge in [0.15, 0.2) is 0 Å². The fourth-order valence-corrected chi connectivity index (χ4v) is 3.00. The number of likely N-dealkylation sites (tertiary alicyclic amines) is 1. The molecule has 6 heteroatoms. The third-order valence-corrected chi connectivity index (χ3v) is 4.11. The van der Waals surface area contributed by atoms with E-state index in [1.807, 2.05) is 11.6 Å². The largest absolute Gasteiger partial charge is 0.481 e. The van der Waals surface area contributed by atoms with E-state index in [4.69, 9.17) is 5.11 Å². The monoisotopic (exact) mass is 307 g/mol. The fourth-order valence-electron chi connectivity index (χ4n) is 3.00. The maximum Gasteiger partial charge on any atom is 0.308 e. The van der Waals surface area contributed by atoms with Crippen molar-refractivity contribution in [1.82, 2.24) is 14.7 Å². The van der Waals surface area contributed by atoms with Crippen molar-refractivity contribution in [1.29, 1.82) is 0 Å². The highest BCUT2D eigenvalue weighted by molar-refractivity contribution is 5.95. The number of hydrogen-bond acceptors (Lipinski definition) is 3. The van der Waals surface area contributed by atoms with Crippen LogP contribution in [0, 0.1) is 11.8 Å². The van der Waals surface area contributed by atoms with Crippen LogP contribution < -0.4 is 0 Å². The quantitative estimate of drug-likeness (QED) is 0.903. The molecule has 2 rings (SSSR count). The Bertz CT molecular complexity index is 551. The van der Waals surface area contributed by atoms with Gasteiger partial charge in [-0.25, -0.2) is 0 Å². The van der Waals surface area contributed by atoms with E-state index >= 15 is 0 Å². The molecule has 0 saturated carbocycles. The molecule has 0 bridgehead atoms. The molecule has 0 spiro atoms. The van der Waals surface area contributed by atoms with Gasteiger partial charge in [-0.2, -0.15) is 5.10 Å². The van der Waals surface area contributed by atoms with Gasteiger partial charge in [0, 0.05) is 19.6 Å². The number of piperidine rings is 1. The maximum absolute atomic E-state index is 12.7. The van der Waals surface area contributed by atoms with E-state index in [9.17, 15) is 9.59 Å². The Morgan fingerprint density at radius 2 is 2.18 bits per heavy atom. The van der Waals surface area contributed by atoms with Gasteiger partial charge in [0.05, 0.1) is 23.4 Å². The minimum atomic E-state index is -0.816. The van der Waals surface area contributed by atoms with E-state index < -0.39 is 11.9 Å². The SMILES string of the molecule is CCc1c(C(=O)N2CCCC(C(=O)O)C2)cnn1CC(C)C. The highest BCUT2D eigenvalue weighted by Gasteiger charge is 2.30. The summed E-state index contributed by atoms with van der Waals surface area (Å²) in [5, 5.41) is 13.5. The van der Waals surface area contributed by atoms with Gasteiger partial charge in [-0.3, -0.25) is 14.3 Å². The standard InChI is InChI=1S/C16H25N3O3/c1-4-14-13(8-17-19(14)9-11(2)3)15(20)18-7-5-6-12(10-18)16(21)22/h8,11-12H,4-7,9-10H2,1-3H3,(H,21,22). The van der Waals surface area contributed by atoms with Crippen LogP contribution in [-0.4, -0.2) is 44.8 Å². The summed E-state index contributed by atoms with van der Waals surface area (Å²) in [7, 11) is 0. The number of carbonyl (C=O) groups excluding carboxylic acids is 1. The van der Waals surface area contributed by atoms with Crippen LogP contribution in [0.2, 0.25) is 0 Å². The number of nitrogens with zero attached hydrogens (tertiary/aromatic N) is 3. The average molecular weight is 307 g/mol. The molecule has 22 heavy (non-hydrogen) atoms. The van der Waals surface area contributed by atoms with E-state index in [1.54, 1.807) is 11.1 Å². The molecule has 1 aliphatic rings. The third kappa shape index (κ3) is 3.48. The zero-order valence-electron chi connectivity index (χ0n) is 13.6. The van der Waals surface area contributed by atoms with E-state index in [0.29, 0.717) is 31.0 Å². The normalized spacial score (nSPS) is 18.7. The van der Waals surface area contributed by atoms with Gasteiger partial charge in [0.1, 0.15) is 0 Å². The Morgan fingerprint density at radius 3 is 2.77 bits per heavy atom. The minimum Gasteiger partial charge on any atom is -0.481 e. The number of amides is 1. The zero-order chi connectivity index (χ0) is 16.3. The first-order chi connectivity index (χ1) is 10.4. The minimum absolute atomic E-state index is 0.0854. The molecule has 1 atom stereocenters. The smallest absolute Gasteiger partial charge is 0.308 e. The van der Waals surface area contributed by atoms with Crippen LogP contribution in [0.15, 0.2) is 6.20 Å². The van der Waals surface area contributed by atoms with Gasteiger partial charge in [0.2, 0.25) is 0 Å². The summed E-state index contributed by atoms with van der Waals surface area (Å²) in [6, 6.07) is 0. The van der Waals surface area contributed by atoms with E-state index in [2.05, 4.69) is 18.9 Å². The van der Waals surface area contributed by atoms with Crippen LogP contribution in [0.1, 0.15) is 49.7 Å². The second kappa shape index (κ2) is 6.94. The number of aromatic nitrogens is 2. The van der Waals surface area contributed by atoms with E-state index in [-0.39, 0.29) is 5.91 Å². The molecule has 0 aliphatic carbocycles. The van der Waals surface area contributed by atoms with Crippen molar-refractivity contribution in [3.8, 4) is 0 Å². The molecule has 1 aromatic heterocycles. The first-order valence-electron chi connectivity index (χ1n) is 8.00. The van der Waals surface area contributed by atoms with Gasteiger partial charge < -0.3 is 10.0 Å². The highest BCUT2D eigenvalue weighted by atomic mass is 16.4. The summed E-state index contributed by atoms with van der Waals surface area (Å²) in [6.45, 7) is 7.96. The lowest BCUT2D eigenvalue weighted by Crippen LogP contribution is -2.42. The molecular formula is C16H25N3O3. The summed E-state index contributed by atoms with van der Waals surface area (Å²) < 4.78 is 1.90. The molecule has 1 unspecified atom stereocenters. The van der Waals surface area contributed by atoms with Crippen molar-refractivity contribution in [2.45, 2.75) is 46.6 Å². The molecule has 1 fully saturated rings. The third-order valence-electron chi connectivity index (χ3n) is 4.11. The van der Waals surface area contributed by atoms with Gasteiger partial charge in [-0.05, 0) is 25.2 Å². The lowest BCUT2D eigenvalue weighted by atomic mass is 9.97. The van der Waals surface area contributed by atoms with E-state index in [1.165, 1.54) is 0 Å². The second-order valence-electron chi connectivity index (χ2n) is 6.36. The molecule has 6 nitrogen and oxygen atoms in total. The van der Waals surface area contributed by atoms with Crippen molar-refractivity contribution in [3.63, 3.8) is 0 Å². The molecule has 1 saturated heterocycles. The van der Waals surface area contributed by atoms with Gasteiger partial charge in [-0.15, -0.1) is 0 Å². The molecule has 0 radical (unpaired) electrons. The van der Waals surface area contributed by atoms with Crippen molar-refractivity contribution in [2.75, 3.05) is 13.1 Å². The van der Waals surface area contributed by atoms with Gasteiger partial charge in [0.25, 0.3) is 5.91 Å². The Kier molecular flexibility index (Phi) is 5.21. The molecule has 1 amide bonds. The van der Waals surface area contributed by atoms with Crippen molar-refractivity contribution >= 4 is 11.9 Å². The first kappa shape index (κ1) is 16.5. The second-order valence-corrected chi connectivity index (χ2v) is 6.36. The molecule has 1 N–H and O–H groups in total. The Hall–Kier alpha value is -1.85. The number of rotatable bonds is 5. The Morgan fingerprint density at radius 1 is 1.45 bits per heavy atom. The molecule has 1 aliphatic heterocycles. The maximum atomic E-state index is 12.7. The first-order valence-corrected chi connectivity index (χ1v) is 8.00. The van der Waals surface area contributed by atoms with Crippen LogP contribution in [-0.2, 0) is 17.8 Å². The molecular weight excluding hydrogens is 282 g/mol. The molecule has 0 aromatic carbocycles. The predicted octanol–water partition coefficient (Wildman–Crippen LogP) is 2.04. The van der Waals surface area contributed by atoms with Crippen LogP contribution in [0.4, 0.5) is 0 Å². The number of carboxylic acid groups (broad SMARTS) is 1. The van der Waals surface area contributed by atoms with Gasteiger partial charge >= 0.3 is 5.97 Å². The summed E-state index contributed by atoms with van der Waals surface area (Å²) in [5.41, 5.74) is 1.56. The molecule has 1 aromatic rings. The predicted molar refractivity (Wildman–Crippen MR) is 82.7 cm³/mol. The van der Waals surface area contributed by atoms with Crippen molar-refractivity contribution in [2.24, 2.45) is 11.8 Å². The summed E-state index contributed by atoms with van der Waals surface area (Å²) in [6.07, 6.45) is 3.76. The average Bonchev–Trinajstić information content (AvgIpc) is 2.88. The van der Waals surface area contributed by atoms with Crippen LogP contribution in [0.3, 0.4) is 0 Å². The lowest BCUT2D eigenvalue weighted by molar-refractivity contribution is -0.143. The number of carboxylic acids is 1. The van der Waals surface area contributed by atoms with Crippen molar-refractivity contribution in [3.05, 3.63) is 17.5 Å². The summed E-state index contributed by atoms with van der Waals surface area (Å²) in [4.78, 5) is 25.5. The summed E-state index contributed by atoms with van der Waals surface area (Å²) >= 11 is 0. The lowest BCUT2D eigenvalue weighted by Gasteiger charge is -2.30.